The molecule has 1 aliphatic rings. The molecule has 3 N–H and O–H groups in total. The second kappa shape index (κ2) is 15.5. The van der Waals surface area contributed by atoms with E-state index in [1.54, 1.807) is 30.3 Å². The molecule has 11 heteroatoms. The van der Waals surface area contributed by atoms with Gasteiger partial charge in [0.1, 0.15) is 24.8 Å². The van der Waals surface area contributed by atoms with Crippen LogP contribution in [0.4, 0.5) is 5.82 Å². The Kier molecular flexibility index (Phi) is 10.6. The van der Waals surface area contributed by atoms with E-state index in [-0.39, 0.29) is 31.7 Å². The summed E-state index contributed by atoms with van der Waals surface area (Å²) in [6.45, 7) is -0.186. The number of anilines is 1. The van der Waals surface area contributed by atoms with Gasteiger partial charge in [-0.15, -0.1) is 0 Å². The first-order chi connectivity index (χ1) is 24.3. The normalized spacial score (nSPS) is 17.2. The molecule has 254 valence electrons. The fourth-order valence-electron chi connectivity index (χ4n) is 6.24. The van der Waals surface area contributed by atoms with Crippen LogP contribution in [-0.2, 0) is 24.6 Å². The molecule has 2 heterocycles. The monoisotopic (exact) mass is 672 g/mol. The maximum absolute atomic E-state index is 13.4. The molecule has 0 aliphatic carbocycles. The van der Waals surface area contributed by atoms with Crippen molar-refractivity contribution in [1.29, 1.82) is 0 Å². The van der Waals surface area contributed by atoms with Gasteiger partial charge in [-0.25, -0.2) is 4.79 Å². The smallest absolute Gasteiger partial charge is 0.351 e. The molecular weight excluding hydrogens is 636 g/mol. The third-order valence-electron chi connectivity index (χ3n) is 8.63. The number of hydrogen-bond donors (Lipinski definition) is 3. The molecule has 5 aromatic rings. The number of esters is 1. The van der Waals surface area contributed by atoms with Crippen molar-refractivity contribution in [3.05, 3.63) is 166 Å². The van der Waals surface area contributed by atoms with Gasteiger partial charge in [0, 0.05) is 24.2 Å². The topological polar surface area (TPSA) is 149 Å². The molecular formula is C39H36N4O7. The van der Waals surface area contributed by atoms with E-state index in [0.717, 1.165) is 16.7 Å². The third kappa shape index (κ3) is 7.70. The summed E-state index contributed by atoms with van der Waals surface area (Å²) >= 11 is 0. The number of aliphatic carboxylic acids is 1. The van der Waals surface area contributed by atoms with E-state index in [0.29, 0.717) is 5.56 Å². The zero-order valence-corrected chi connectivity index (χ0v) is 27.1. The molecule has 0 radical (unpaired) electrons. The van der Waals surface area contributed by atoms with Crippen LogP contribution in [0.5, 0.6) is 0 Å². The van der Waals surface area contributed by atoms with Gasteiger partial charge < -0.3 is 19.9 Å². The molecule has 0 spiro atoms. The number of benzene rings is 4. The van der Waals surface area contributed by atoms with Crippen molar-refractivity contribution in [3.63, 3.8) is 0 Å². The lowest BCUT2D eigenvalue weighted by atomic mass is 9.76. The van der Waals surface area contributed by atoms with Crippen molar-refractivity contribution >= 4 is 23.7 Å². The van der Waals surface area contributed by atoms with Crippen molar-refractivity contribution in [3.8, 4) is 0 Å². The van der Waals surface area contributed by atoms with E-state index in [2.05, 4.69) is 15.6 Å². The highest BCUT2D eigenvalue weighted by molar-refractivity contribution is 6.03. The first kappa shape index (κ1) is 34.0. The highest BCUT2D eigenvalue weighted by Crippen LogP contribution is 2.40. The van der Waals surface area contributed by atoms with Crippen LogP contribution in [0.25, 0.3) is 0 Å². The largest absolute Gasteiger partial charge is 0.481 e. The molecule has 50 heavy (non-hydrogen) atoms. The Hall–Kier alpha value is -5.91. The number of carboxylic acid groups (broad SMARTS) is 1. The molecule has 3 atom stereocenters. The molecule has 1 saturated heterocycles. The molecule has 0 unspecified atom stereocenters. The van der Waals surface area contributed by atoms with Gasteiger partial charge in [-0.1, -0.05) is 109 Å². The van der Waals surface area contributed by atoms with E-state index in [1.807, 2.05) is 91.0 Å². The van der Waals surface area contributed by atoms with Gasteiger partial charge in [0.2, 0.25) is 0 Å². The minimum absolute atomic E-state index is 0.0907. The van der Waals surface area contributed by atoms with Crippen molar-refractivity contribution in [2.24, 2.45) is 0 Å². The van der Waals surface area contributed by atoms with Crippen LogP contribution in [0.15, 0.2) is 138 Å². The Balaban J connectivity index is 1.34. The lowest BCUT2D eigenvalue weighted by molar-refractivity contribution is -0.151. The maximum Gasteiger partial charge on any atom is 0.351 e. The summed E-state index contributed by atoms with van der Waals surface area (Å²) in [7, 11) is 0. The van der Waals surface area contributed by atoms with E-state index >= 15 is 0 Å². The van der Waals surface area contributed by atoms with Crippen LogP contribution in [-0.4, -0.2) is 51.3 Å². The minimum Gasteiger partial charge on any atom is -0.481 e. The summed E-state index contributed by atoms with van der Waals surface area (Å²) in [4.78, 5) is 53.8. The number of amides is 1. The zero-order chi connectivity index (χ0) is 34.9. The van der Waals surface area contributed by atoms with E-state index in [4.69, 9.17) is 14.6 Å². The number of rotatable bonds is 13. The lowest BCUT2D eigenvalue weighted by Crippen LogP contribution is -2.53. The first-order valence-electron chi connectivity index (χ1n) is 16.3. The Morgan fingerprint density at radius 3 is 1.86 bits per heavy atom. The Labute approximate surface area is 288 Å². The van der Waals surface area contributed by atoms with Gasteiger partial charge in [-0.3, -0.25) is 24.3 Å². The summed E-state index contributed by atoms with van der Waals surface area (Å²) in [5.74, 6) is -2.09. The molecule has 1 aromatic heterocycles. The van der Waals surface area contributed by atoms with Crippen molar-refractivity contribution in [1.82, 2.24) is 14.9 Å². The van der Waals surface area contributed by atoms with Gasteiger partial charge in [0.05, 0.1) is 18.4 Å². The molecule has 0 saturated carbocycles. The van der Waals surface area contributed by atoms with E-state index < -0.39 is 47.4 Å². The van der Waals surface area contributed by atoms with Crippen LogP contribution >= 0.6 is 0 Å². The average Bonchev–Trinajstić information content (AvgIpc) is 3.55. The van der Waals surface area contributed by atoms with Crippen LogP contribution < -0.4 is 16.3 Å². The fraction of sp³-hybridized carbons (Fsp3) is 0.205. The summed E-state index contributed by atoms with van der Waals surface area (Å²) in [5.41, 5.74) is 1.75. The number of carboxylic acids is 1. The first-order valence-corrected chi connectivity index (χ1v) is 16.3. The minimum atomic E-state index is -1.10. The molecule has 6 rings (SSSR count). The lowest BCUT2D eigenvalue weighted by Gasteiger charge is -2.40. The van der Waals surface area contributed by atoms with E-state index in [1.165, 1.54) is 16.8 Å². The zero-order valence-electron chi connectivity index (χ0n) is 27.1. The van der Waals surface area contributed by atoms with Crippen LogP contribution in [0.2, 0.25) is 0 Å². The highest BCUT2D eigenvalue weighted by Gasteiger charge is 2.45. The van der Waals surface area contributed by atoms with Gasteiger partial charge in [-0.05, 0) is 34.9 Å². The Morgan fingerprint density at radius 2 is 1.34 bits per heavy atom. The van der Waals surface area contributed by atoms with Crippen LogP contribution in [0, 0.1) is 0 Å². The van der Waals surface area contributed by atoms with Crippen LogP contribution in [0.3, 0.4) is 0 Å². The predicted octanol–water partition coefficient (Wildman–Crippen LogP) is 5.14. The van der Waals surface area contributed by atoms with Crippen molar-refractivity contribution < 1.29 is 29.0 Å². The van der Waals surface area contributed by atoms with Gasteiger partial charge in [0.25, 0.3) is 5.91 Å². The molecule has 4 aromatic carbocycles. The van der Waals surface area contributed by atoms with Gasteiger partial charge in [0.15, 0.2) is 0 Å². The van der Waals surface area contributed by atoms with Crippen molar-refractivity contribution in [2.45, 2.75) is 43.2 Å². The third-order valence-corrected chi connectivity index (χ3v) is 8.63. The Morgan fingerprint density at radius 1 is 0.800 bits per heavy atom. The van der Waals surface area contributed by atoms with Gasteiger partial charge in [-0.2, -0.15) is 4.98 Å². The van der Waals surface area contributed by atoms with E-state index in [9.17, 15) is 19.2 Å². The second-order valence-electron chi connectivity index (χ2n) is 11.9. The number of carbonyl (C=O) groups excluding carboxylic acids is 2. The number of hydrogen-bond acceptors (Lipinski definition) is 8. The number of carbonyl (C=O) groups is 3. The van der Waals surface area contributed by atoms with Crippen LogP contribution in [0.1, 0.15) is 52.5 Å². The number of nitrogens with one attached hydrogen (secondary N) is 2. The molecule has 0 bridgehead atoms. The van der Waals surface area contributed by atoms with Crippen molar-refractivity contribution in [2.75, 3.05) is 11.9 Å². The average molecular weight is 673 g/mol. The summed E-state index contributed by atoms with van der Waals surface area (Å²) in [5, 5.41) is 15.6. The van der Waals surface area contributed by atoms with Gasteiger partial charge >= 0.3 is 17.6 Å². The summed E-state index contributed by atoms with van der Waals surface area (Å²) in [6, 6.07) is 39.5. The summed E-state index contributed by atoms with van der Waals surface area (Å²) in [6.07, 6.45) is -0.406. The molecule has 1 fully saturated rings. The highest BCUT2D eigenvalue weighted by atomic mass is 16.6. The predicted molar refractivity (Wildman–Crippen MR) is 185 cm³/mol. The quantitative estimate of drug-likeness (QED) is 0.114. The molecule has 1 aliphatic heterocycles. The summed E-state index contributed by atoms with van der Waals surface area (Å²) < 4.78 is 13.3. The number of ether oxygens (including phenoxy) is 2. The maximum atomic E-state index is 13.4. The number of aromatic nitrogens is 2. The SMILES string of the molecule is O=C(O)CCC(=O)OC[C@H]1O[C@@H](n2ccc(NC(=O)c3ccccc3)nc2=O)C[C@@H]1NC(c1ccccc1)(c1ccccc1)c1ccccc1. The Bertz CT molecular complexity index is 1880. The standard InChI is InChI=1S/C39H36N4O7/c44-35(45)21-22-36(46)49-26-32-31(25-34(50-32)43-24-23-33(41-38(43)48)40-37(47)27-13-5-1-6-14-27)42-39(28-15-7-2-8-16-28,29-17-9-3-10-18-29)30-19-11-4-12-20-30/h1-20,23-24,31-32,34,42H,21-22,25-26H2,(H,44,45)(H,40,41,47,48)/t31-,32+,34+/m0/s1. The second-order valence-corrected chi connectivity index (χ2v) is 11.9. The number of nitrogens with zero attached hydrogens (tertiary/aromatic N) is 2. The fourth-order valence-corrected chi connectivity index (χ4v) is 6.24. The molecule has 1 amide bonds. The molecule has 11 nitrogen and oxygen atoms in total.